The standard InChI is InChI=1S/C21H19NO2/c23-21(24)22-20-14-8-7-13-18(20)15-19(16-9-3-1-4-10-16)17-11-5-2-6-12-17/h1-14,19,22H,15H2,(H,23,24). The van der Waals surface area contributed by atoms with Gasteiger partial charge in [-0.1, -0.05) is 78.9 Å². The van der Waals surface area contributed by atoms with Crippen LogP contribution in [0, 0.1) is 0 Å². The normalized spacial score (nSPS) is 10.5. The van der Waals surface area contributed by atoms with E-state index in [-0.39, 0.29) is 5.92 Å². The summed E-state index contributed by atoms with van der Waals surface area (Å²) in [5, 5.41) is 11.5. The molecular weight excluding hydrogens is 298 g/mol. The zero-order chi connectivity index (χ0) is 16.8. The van der Waals surface area contributed by atoms with Gasteiger partial charge in [0, 0.05) is 11.6 Å². The van der Waals surface area contributed by atoms with E-state index in [1.165, 1.54) is 11.1 Å². The Morgan fingerprint density at radius 2 is 1.29 bits per heavy atom. The summed E-state index contributed by atoms with van der Waals surface area (Å²) in [6.45, 7) is 0. The van der Waals surface area contributed by atoms with Crippen LogP contribution < -0.4 is 5.32 Å². The van der Waals surface area contributed by atoms with Crippen molar-refractivity contribution in [2.45, 2.75) is 12.3 Å². The van der Waals surface area contributed by atoms with Gasteiger partial charge in [0.1, 0.15) is 0 Å². The molecule has 0 spiro atoms. The van der Waals surface area contributed by atoms with Gasteiger partial charge in [-0.25, -0.2) is 4.79 Å². The first-order valence-corrected chi connectivity index (χ1v) is 7.92. The number of hydrogen-bond acceptors (Lipinski definition) is 1. The molecule has 0 aliphatic heterocycles. The van der Waals surface area contributed by atoms with Crippen molar-refractivity contribution in [2.24, 2.45) is 0 Å². The summed E-state index contributed by atoms with van der Waals surface area (Å²) in [6.07, 6.45) is -0.316. The van der Waals surface area contributed by atoms with E-state index in [9.17, 15) is 4.79 Å². The molecule has 0 atom stereocenters. The summed E-state index contributed by atoms with van der Waals surface area (Å²) in [7, 11) is 0. The third-order valence-corrected chi connectivity index (χ3v) is 4.09. The van der Waals surface area contributed by atoms with Crippen LogP contribution in [0.1, 0.15) is 22.6 Å². The highest BCUT2D eigenvalue weighted by atomic mass is 16.4. The van der Waals surface area contributed by atoms with Gasteiger partial charge in [-0.15, -0.1) is 0 Å². The number of benzene rings is 3. The topological polar surface area (TPSA) is 49.3 Å². The van der Waals surface area contributed by atoms with E-state index in [1.54, 1.807) is 6.07 Å². The van der Waals surface area contributed by atoms with Crippen molar-refractivity contribution in [3.05, 3.63) is 102 Å². The molecule has 0 heterocycles. The second-order valence-corrected chi connectivity index (χ2v) is 5.67. The Balaban J connectivity index is 1.98. The summed E-state index contributed by atoms with van der Waals surface area (Å²) in [6, 6.07) is 28.2. The van der Waals surface area contributed by atoms with Gasteiger partial charge in [-0.2, -0.15) is 0 Å². The minimum Gasteiger partial charge on any atom is -0.465 e. The Morgan fingerprint density at radius 1 is 0.792 bits per heavy atom. The van der Waals surface area contributed by atoms with E-state index in [0.29, 0.717) is 5.69 Å². The Hall–Kier alpha value is -3.07. The zero-order valence-corrected chi connectivity index (χ0v) is 13.2. The summed E-state index contributed by atoms with van der Waals surface area (Å²) in [5.41, 5.74) is 4.06. The average molecular weight is 317 g/mol. The Morgan fingerprint density at radius 3 is 1.83 bits per heavy atom. The van der Waals surface area contributed by atoms with Crippen LogP contribution in [0.5, 0.6) is 0 Å². The lowest BCUT2D eigenvalue weighted by Gasteiger charge is -2.20. The second-order valence-electron chi connectivity index (χ2n) is 5.67. The minimum absolute atomic E-state index is 0.171. The Kier molecular flexibility index (Phi) is 4.92. The maximum Gasteiger partial charge on any atom is 0.409 e. The molecule has 0 aromatic heterocycles. The van der Waals surface area contributed by atoms with Crippen LogP contribution in [0.2, 0.25) is 0 Å². The van der Waals surface area contributed by atoms with Crippen molar-refractivity contribution in [1.82, 2.24) is 0 Å². The maximum atomic E-state index is 11.0. The molecule has 3 nitrogen and oxygen atoms in total. The molecule has 3 heteroatoms. The molecule has 3 rings (SSSR count). The number of carbonyl (C=O) groups is 1. The average Bonchev–Trinajstić information content (AvgIpc) is 2.62. The first kappa shape index (κ1) is 15.8. The van der Waals surface area contributed by atoms with Crippen LogP contribution in [-0.4, -0.2) is 11.2 Å². The summed E-state index contributed by atoms with van der Waals surface area (Å²) in [5.74, 6) is 0.171. The fourth-order valence-corrected chi connectivity index (χ4v) is 2.95. The third-order valence-electron chi connectivity index (χ3n) is 4.09. The van der Waals surface area contributed by atoms with Crippen LogP contribution in [0.3, 0.4) is 0 Å². The van der Waals surface area contributed by atoms with E-state index >= 15 is 0 Å². The van der Waals surface area contributed by atoms with Crippen molar-refractivity contribution in [2.75, 3.05) is 5.32 Å². The van der Waals surface area contributed by atoms with E-state index < -0.39 is 6.09 Å². The molecule has 0 unspecified atom stereocenters. The number of carboxylic acid groups (broad SMARTS) is 1. The van der Waals surface area contributed by atoms with Crippen molar-refractivity contribution >= 4 is 11.8 Å². The molecule has 3 aromatic carbocycles. The molecule has 0 fully saturated rings. The predicted octanol–water partition coefficient (Wildman–Crippen LogP) is 5.15. The molecule has 24 heavy (non-hydrogen) atoms. The largest absolute Gasteiger partial charge is 0.465 e. The van der Waals surface area contributed by atoms with E-state index in [4.69, 9.17) is 5.11 Å². The van der Waals surface area contributed by atoms with Gasteiger partial charge >= 0.3 is 6.09 Å². The first-order valence-electron chi connectivity index (χ1n) is 7.92. The number of anilines is 1. The van der Waals surface area contributed by atoms with Crippen molar-refractivity contribution in [3.8, 4) is 0 Å². The third kappa shape index (κ3) is 3.82. The molecule has 0 aliphatic carbocycles. The highest BCUT2D eigenvalue weighted by Crippen LogP contribution is 2.30. The minimum atomic E-state index is -1.04. The Labute approximate surface area is 141 Å². The van der Waals surface area contributed by atoms with Gasteiger partial charge in [-0.3, -0.25) is 5.32 Å². The fourth-order valence-electron chi connectivity index (χ4n) is 2.95. The van der Waals surface area contributed by atoms with Gasteiger partial charge in [0.15, 0.2) is 0 Å². The smallest absolute Gasteiger partial charge is 0.409 e. The monoisotopic (exact) mass is 317 g/mol. The molecular formula is C21H19NO2. The van der Waals surface area contributed by atoms with E-state index in [1.807, 2.05) is 54.6 Å². The maximum absolute atomic E-state index is 11.0. The van der Waals surface area contributed by atoms with Crippen molar-refractivity contribution in [3.63, 3.8) is 0 Å². The lowest BCUT2D eigenvalue weighted by Crippen LogP contribution is -2.11. The summed E-state index contributed by atoms with van der Waals surface area (Å²) >= 11 is 0. The van der Waals surface area contributed by atoms with Crippen LogP contribution in [0.25, 0.3) is 0 Å². The molecule has 0 bridgehead atoms. The van der Waals surface area contributed by atoms with E-state index in [2.05, 4.69) is 29.6 Å². The van der Waals surface area contributed by atoms with Crippen LogP contribution in [-0.2, 0) is 6.42 Å². The zero-order valence-electron chi connectivity index (χ0n) is 13.2. The molecule has 0 aliphatic rings. The molecule has 1 amide bonds. The molecule has 3 aromatic rings. The van der Waals surface area contributed by atoms with Crippen LogP contribution in [0.4, 0.5) is 10.5 Å². The van der Waals surface area contributed by atoms with Gasteiger partial charge in [-0.05, 0) is 29.2 Å². The lowest BCUT2D eigenvalue weighted by atomic mass is 9.85. The quantitative estimate of drug-likeness (QED) is 0.683. The van der Waals surface area contributed by atoms with Gasteiger partial charge in [0.05, 0.1) is 0 Å². The molecule has 0 saturated carbocycles. The highest BCUT2D eigenvalue weighted by molar-refractivity contribution is 5.84. The highest BCUT2D eigenvalue weighted by Gasteiger charge is 2.16. The predicted molar refractivity (Wildman–Crippen MR) is 96.5 cm³/mol. The molecule has 0 saturated heterocycles. The van der Waals surface area contributed by atoms with Crippen molar-refractivity contribution in [1.29, 1.82) is 0 Å². The van der Waals surface area contributed by atoms with Gasteiger partial charge in [0.2, 0.25) is 0 Å². The second kappa shape index (κ2) is 7.47. The molecule has 120 valence electrons. The SMILES string of the molecule is O=C(O)Nc1ccccc1CC(c1ccccc1)c1ccccc1. The molecule has 0 radical (unpaired) electrons. The molecule has 2 N–H and O–H groups in total. The number of hydrogen-bond donors (Lipinski definition) is 2. The van der Waals surface area contributed by atoms with Crippen LogP contribution >= 0.6 is 0 Å². The van der Waals surface area contributed by atoms with Crippen LogP contribution in [0.15, 0.2) is 84.9 Å². The lowest BCUT2D eigenvalue weighted by molar-refractivity contribution is 0.209. The fraction of sp³-hybridized carbons (Fsp3) is 0.0952. The van der Waals surface area contributed by atoms with Gasteiger partial charge in [0.25, 0.3) is 0 Å². The summed E-state index contributed by atoms with van der Waals surface area (Å²) < 4.78 is 0. The number of nitrogens with one attached hydrogen (secondary N) is 1. The number of rotatable bonds is 5. The van der Waals surface area contributed by atoms with Crippen molar-refractivity contribution < 1.29 is 9.90 Å². The van der Waals surface area contributed by atoms with Gasteiger partial charge < -0.3 is 5.11 Å². The Bertz CT molecular complexity index is 761. The number of para-hydroxylation sites is 1. The van der Waals surface area contributed by atoms with E-state index in [0.717, 1.165) is 12.0 Å². The first-order chi connectivity index (χ1) is 11.7. The summed E-state index contributed by atoms with van der Waals surface area (Å²) in [4.78, 5) is 11.0. The number of amides is 1.